The number of amides is 1. The molecular formula is C26H25N3O2. The molecule has 1 saturated heterocycles. The van der Waals surface area contributed by atoms with E-state index < -0.39 is 0 Å². The molecule has 0 saturated carbocycles. The Morgan fingerprint density at radius 1 is 0.871 bits per heavy atom. The highest BCUT2D eigenvalue weighted by molar-refractivity contribution is 5.94. The van der Waals surface area contributed by atoms with E-state index in [0.29, 0.717) is 31.7 Å². The van der Waals surface area contributed by atoms with Crippen LogP contribution in [0.2, 0.25) is 0 Å². The Morgan fingerprint density at radius 3 is 2.06 bits per heavy atom. The molecule has 31 heavy (non-hydrogen) atoms. The molecule has 156 valence electrons. The van der Waals surface area contributed by atoms with Crippen molar-refractivity contribution in [1.82, 2.24) is 9.80 Å². The van der Waals surface area contributed by atoms with E-state index in [1.807, 2.05) is 71.6 Å². The summed E-state index contributed by atoms with van der Waals surface area (Å²) in [5.41, 5.74) is 3.87. The van der Waals surface area contributed by atoms with Gasteiger partial charge in [0, 0.05) is 31.7 Å². The number of rotatable bonds is 5. The normalized spacial score (nSPS) is 15.2. The standard InChI is InChI=1S/C26H25N3O2/c1-31-24-13-11-22(12-14-24)25(19-27)28-15-17-29(18-16-28)26(30)23-9-7-21(8-10-23)20-5-3-2-4-6-20/h2-14,25H,15-18H2,1H3. The van der Waals surface area contributed by atoms with Gasteiger partial charge in [0.15, 0.2) is 0 Å². The van der Waals surface area contributed by atoms with E-state index in [1.54, 1.807) is 7.11 Å². The predicted octanol–water partition coefficient (Wildman–Crippen LogP) is 4.38. The molecule has 1 unspecified atom stereocenters. The van der Waals surface area contributed by atoms with Gasteiger partial charge < -0.3 is 9.64 Å². The topological polar surface area (TPSA) is 56.6 Å². The molecule has 1 amide bonds. The summed E-state index contributed by atoms with van der Waals surface area (Å²) in [6.07, 6.45) is 0. The van der Waals surface area contributed by atoms with E-state index in [2.05, 4.69) is 23.1 Å². The van der Waals surface area contributed by atoms with Crippen LogP contribution < -0.4 is 4.74 Å². The Morgan fingerprint density at radius 2 is 1.48 bits per heavy atom. The molecule has 3 aromatic carbocycles. The number of carbonyl (C=O) groups excluding carboxylic acids is 1. The minimum Gasteiger partial charge on any atom is -0.497 e. The van der Waals surface area contributed by atoms with Gasteiger partial charge >= 0.3 is 0 Å². The summed E-state index contributed by atoms with van der Waals surface area (Å²) in [6, 6.07) is 27.6. The van der Waals surface area contributed by atoms with Crippen LogP contribution in [0.1, 0.15) is 22.0 Å². The SMILES string of the molecule is COc1ccc(C(C#N)N2CCN(C(=O)c3ccc(-c4ccccc4)cc3)CC2)cc1. The van der Waals surface area contributed by atoms with Crippen molar-refractivity contribution in [1.29, 1.82) is 5.26 Å². The molecule has 1 aliphatic heterocycles. The Bertz CT molecular complexity index is 1050. The van der Waals surface area contributed by atoms with Crippen molar-refractivity contribution in [2.45, 2.75) is 6.04 Å². The third kappa shape index (κ3) is 4.60. The van der Waals surface area contributed by atoms with Gasteiger partial charge in [0.05, 0.1) is 13.2 Å². The van der Waals surface area contributed by atoms with Crippen LogP contribution in [0.15, 0.2) is 78.9 Å². The molecule has 5 heteroatoms. The second-order valence-electron chi connectivity index (χ2n) is 7.58. The van der Waals surface area contributed by atoms with Gasteiger partial charge in [-0.05, 0) is 41.0 Å². The fourth-order valence-corrected chi connectivity index (χ4v) is 3.95. The van der Waals surface area contributed by atoms with Gasteiger partial charge in [-0.1, -0.05) is 54.6 Å². The number of nitriles is 1. The minimum absolute atomic E-state index is 0.0391. The van der Waals surface area contributed by atoms with Crippen LogP contribution in [0.4, 0.5) is 0 Å². The number of ether oxygens (including phenoxy) is 1. The number of hydrogen-bond acceptors (Lipinski definition) is 4. The van der Waals surface area contributed by atoms with Crippen LogP contribution in [-0.2, 0) is 0 Å². The molecule has 0 bridgehead atoms. The summed E-state index contributed by atoms with van der Waals surface area (Å²) >= 11 is 0. The zero-order valence-corrected chi connectivity index (χ0v) is 17.6. The predicted molar refractivity (Wildman–Crippen MR) is 121 cm³/mol. The number of benzene rings is 3. The maximum Gasteiger partial charge on any atom is 0.253 e. The molecule has 0 N–H and O–H groups in total. The lowest BCUT2D eigenvalue weighted by Crippen LogP contribution is -2.49. The average Bonchev–Trinajstić information content (AvgIpc) is 2.85. The van der Waals surface area contributed by atoms with Crippen LogP contribution >= 0.6 is 0 Å². The minimum atomic E-state index is -0.326. The maximum atomic E-state index is 13.0. The Labute approximate surface area is 183 Å². The largest absolute Gasteiger partial charge is 0.497 e. The van der Waals surface area contributed by atoms with E-state index in [4.69, 9.17) is 4.74 Å². The lowest BCUT2D eigenvalue weighted by Gasteiger charge is -2.37. The molecule has 1 aliphatic rings. The Kier molecular flexibility index (Phi) is 6.30. The molecule has 0 aromatic heterocycles. The van der Waals surface area contributed by atoms with Crippen molar-refractivity contribution in [2.75, 3.05) is 33.3 Å². The van der Waals surface area contributed by atoms with Gasteiger partial charge in [-0.3, -0.25) is 9.69 Å². The molecule has 3 aromatic rings. The molecular weight excluding hydrogens is 386 g/mol. The van der Waals surface area contributed by atoms with Crippen LogP contribution in [0.5, 0.6) is 5.75 Å². The van der Waals surface area contributed by atoms with E-state index >= 15 is 0 Å². The van der Waals surface area contributed by atoms with Gasteiger partial charge in [0.1, 0.15) is 11.8 Å². The van der Waals surface area contributed by atoms with Crippen molar-refractivity contribution < 1.29 is 9.53 Å². The quantitative estimate of drug-likeness (QED) is 0.625. The average molecular weight is 412 g/mol. The summed E-state index contributed by atoms with van der Waals surface area (Å²) in [4.78, 5) is 17.0. The summed E-state index contributed by atoms with van der Waals surface area (Å²) in [5.74, 6) is 0.811. The fourth-order valence-electron chi connectivity index (χ4n) is 3.95. The number of piperazine rings is 1. The molecule has 4 rings (SSSR count). The van der Waals surface area contributed by atoms with Gasteiger partial charge in [-0.2, -0.15) is 5.26 Å². The molecule has 1 fully saturated rings. The van der Waals surface area contributed by atoms with E-state index in [-0.39, 0.29) is 11.9 Å². The zero-order chi connectivity index (χ0) is 21.6. The summed E-state index contributed by atoms with van der Waals surface area (Å²) in [5, 5.41) is 9.73. The third-order valence-corrected chi connectivity index (χ3v) is 5.76. The van der Waals surface area contributed by atoms with Crippen molar-refractivity contribution >= 4 is 5.91 Å². The van der Waals surface area contributed by atoms with E-state index in [1.165, 1.54) is 0 Å². The number of methoxy groups -OCH3 is 1. The smallest absolute Gasteiger partial charge is 0.253 e. The van der Waals surface area contributed by atoms with Gasteiger partial charge in [-0.15, -0.1) is 0 Å². The van der Waals surface area contributed by atoms with Crippen molar-refractivity contribution in [3.63, 3.8) is 0 Å². The maximum absolute atomic E-state index is 13.0. The van der Waals surface area contributed by atoms with Crippen LogP contribution in [-0.4, -0.2) is 49.0 Å². The zero-order valence-electron chi connectivity index (χ0n) is 17.6. The highest BCUT2D eigenvalue weighted by Gasteiger charge is 2.27. The second-order valence-corrected chi connectivity index (χ2v) is 7.58. The first-order valence-corrected chi connectivity index (χ1v) is 10.4. The van der Waals surface area contributed by atoms with Gasteiger partial charge in [0.25, 0.3) is 5.91 Å². The van der Waals surface area contributed by atoms with Crippen molar-refractivity contribution in [3.8, 4) is 22.9 Å². The van der Waals surface area contributed by atoms with E-state index in [0.717, 1.165) is 22.4 Å². The van der Waals surface area contributed by atoms with Gasteiger partial charge in [0.2, 0.25) is 0 Å². The lowest BCUT2D eigenvalue weighted by molar-refractivity contribution is 0.0606. The molecule has 5 nitrogen and oxygen atoms in total. The van der Waals surface area contributed by atoms with Crippen LogP contribution in [0.25, 0.3) is 11.1 Å². The summed E-state index contributed by atoms with van der Waals surface area (Å²) in [7, 11) is 1.63. The molecule has 1 atom stereocenters. The number of nitrogens with zero attached hydrogens (tertiary/aromatic N) is 3. The summed E-state index contributed by atoms with van der Waals surface area (Å²) in [6.45, 7) is 2.54. The number of carbonyl (C=O) groups is 1. The third-order valence-electron chi connectivity index (χ3n) is 5.76. The highest BCUT2D eigenvalue weighted by atomic mass is 16.5. The summed E-state index contributed by atoms with van der Waals surface area (Å²) < 4.78 is 5.20. The van der Waals surface area contributed by atoms with Crippen LogP contribution in [0.3, 0.4) is 0 Å². The monoisotopic (exact) mass is 411 g/mol. The van der Waals surface area contributed by atoms with E-state index in [9.17, 15) is 10.1 Å². The molecule has 0 radical (unpaired) electrons. The Hall–Kier alpha value is -3.62. The fraction of sp³-hybridized carbons (Fsp3) is 0.231. The Balaban J connectivity index is 1.38. The van der Waals surface area contributed by atoms with Crippen molar-refractivity contribution in [3.05, 3.63) is 90.0 Å². The molecule has 1 heterocycles. The number of hydrogen-bond donors (Lipinski definition) is 0. The van der Waals surface area contributed by atoms with Gasteiger partial charge in [-0.25, -0.2) is 0 Å². The lowest BCUT2D eigenvalue weighted by atomic mass is 10.0. The first-order valence-electron chi connectivity index (χ1n) is 10.4. The first-order chi connectivity index (χ1) is 15.2. The highest BCUT2D eigenvalue weighted by Crippen LogP contribution is 2.25. The first kappa shape index (κ1) is 20.6. The van der Waals surface area contributed by atoms with Crippen LogP contribution in [0, 0.1) is 11.3 Å². The molecule has 0 aliphatic carbocycles. The van der Waals surface area contributed by atoms with Crippen molar-refractivity contribution in [2.24, 2.45) is 0 Å². The second kappa shape index (κ2) is 9.46. The molecule has 0 spiro atoms.